The quantitative estimate of drug-likeness (QED) is 0.359. The van der Waals surface area contributed by atoms with E-state index in [4.69, 9.17) is 10.00 Å². The Balaban J connectivity index is 0.00000364. The number of aliphatic imine (C=N–C) groups is 1. The minimum atomic E-state index is 0. The SMILES string of the molecule is CCNC(=NCc1ccc(C#N)cc1)NCC(C)Oc1cccc(C)c1.I. The molecule has 1 unspecified atom stereocenters. The van der Waals surface area contributed by atoms with Gasteiger partial charge in [0.25, 0.3) is 0 Å². The van der Waals surface area contributed by atoms with Gasteiger partial charge in [-0.1, -0.05) is 24.3 Å². The lowest BCUT2D eigenvalue weighted by Gasteiger charge is -2.18. The van der Waals surface area contributed by atoms with Crippen LogP contribution in [0.15, 0.2) is 53.5 Å². The predicted octanol–water partition coefficient (Wildman–Crippen LogP) is 4.01. The average molecular weight is 478 g/mol. The van der Waals surface area contributed by atoms with E-state index in [2.05, 4.69) is 34.7 Å². The molecule has 2 N–H and O–H groups in total. The lowest BCUT2D eigenvalue weighted by atomic mass is 10.1. The van der Waals surface area contributed by atoms with E-state index >= 15 is 0 Å². The topological polar surface area (TPSA) is 69.4 Å². The minimum absolute atomic E-state index is 0. The fourth-order valence-electron chi connectivity index (χ4n) is 2.40. The number of nitrogens with one attached hydrogen (secondary N) is 2. The Morgan fingerprint density at radius 3 is 2.56 bits per heavy atom. The van der Waals surface area contributed by atoms with Crippen molar-refractivity contribution in [2.45, 2.75) is 33.4 Å². The number of hydrogen-bond acceptors (Lipinski definition) is 3. The number of halogens is 1. The van der Waals surface area contributed by atoms with Crippen LogP contribution in [0.1, 0.15) is 30.5 Å². The fourth-order valence-corrected chi connectivity index (χ4v) is 2.40. The van der Waals surface area contributed by atoms with Gasteiger partial charge in [-0.25, -0.2) is 4.99 Å². The molecule has 2 aromatic rings. The van der Waals surface area contributed by atoms with Crippen LogP contribution in [0.25, 0.3) is 0 Å². The molecular weight excluding hydrogens is 451 g/mol. The first-order chi connectivity index (χ1) is 12.6. The first kappa shape index (κ1) is 22.8. The van der Waals surface area contributed by atoms with Crippen LogP contribution in [-0.2, 0) is 6.54 Å². The second-order valence-electron chi connectivity index (χ2n) is 6.13. The van der Waals surface area contributed by atoms with E-state index in [1.54, 1.807) is 0 Å². The molecule has 6 heteroatoms. The van der Waals surface area contributed by atoms with Gasteiger partial charge in [-0.05, 0) is 56.2 Å². The zero-order valence-electron chi connectivity index (χ0n) is 16.0. The summed E-state index contributed by atoms with van der Waals surface area (Å²) in [6.45, 7) is 8.09. The van der Waals surface area contributed by atoms with Crippen molar-refractivity contribution in [2.24, 2.45) is 4.99 Å². The van der Waals surface area contributed by atoms with Gasteiger partial charge in [-0.2, -0.15) is 5.26 Å². The summed E-state index contributed by atoms with van der Waals surface area (Å²) in [5.74, 6) is 1.62. The van der Waals surface area contributed by atoms with E-state index < -0.39 is 0 Å². The van der Waals surface area contributed by atoms with E-state index in [1.165, 1.54) is 5.56 Å². The summed E-state index contributed by atoms with van der Waals surface area (Å²) in [6, 6.07) is 17.6. The average Bonchev–Trinajstić information content (AvgIpc) is 2.64. The highest BCUT2D eigenvalue weighted by Gasteiger charge is 2.06. The molecule has 0 aromatic heterocycles. The maximum absolute atomic E-state index is 8.85. The van der Waals surface area contributed by atoms with Gasteiger partial charge in [-0.3, -0.25) is 0 Å². The molecule has 144 valence electrons. The number of hydrogen-bond donors (Lipinski definition) is 2. The van der Waals surface area contributed by atoms with E-state index in [1.807, 2.05) is 56.3 Å². The molecule has 0 aliphatic carbocycles. The van der Waals surface area contributed by atoms with Crippen molar-refractivity contribution < 1.29 is 4.74 Å². The molecule has 0 aliphatic rings. The zero-order valence-corrected chi connectivity index (χ0v) is 18.4. The van der Waals surface area contributed by atoms with Gasteiger partial charge in [-0.15, -0.1) is 24.0 Å². The van der Waals surface area contributed by atoms with Crippen molar-refractivity contribution in [3.8, 4) is 11.8 Å². The summed E-state index contributed by atoms with van der Waals surface area (Å²) in [4.78, 5) is 4.59. The number of benzene rings is 2. The zero-order chi connectivity index (χ0) is 18.8. The third-order valence-corrected chi connectivity index (χ3v) is 3.73. The van der Waals surface area contributed by atoms with Gasteiger partial charge in [0.2, 0.25) is 0 Å². The number of aryl methyl sites for hydroxylation is 1. The van der Waals surface area contributed by atoms with E-state index in [-0.39, 0.29) is 30.1 Å². The maximum atomic E-state index is 8.85. The Kier molecular flexibility index (Phi) is 10.3. The van der Waals surface area contributed by atoms with Gasteiger partial charge >= 0.3 is 0 Å². The van der Waals surface area contributed by atoms with Crippen LogP contribution >= 0.6 is 24.0 Å². The number of ether oxygens (including phenoxy) is 1. The van der Waals surface area contributed by atoms with Crippen LogP contribution in [0.2, 0.25) is 0 Å². The molecule has 0 radical (unpaired) electrons. The molecule has 5 nitrogen and oxygen atoms in total. The van der Waals surface area contributed by atoms with Crippen molar-refractivity contribution in [3.05, 3.63) is 65.2 Å². The highest BCUT2D eigenvalue weighted by molar-refractivity contribution is 14.0. The third-order valence-electron chi connectivity index (χ3n) is 3.73. The summed E-state index contributed by atoms with van der Waals surface area (Å²) in [5.41, 5.74) is 2.90. The number of nitrogens with zero attached hydrogens (tertiary/aromatic N) is 2. The highest BCUT2D eigenvalue weighted by atomic mass is 127. The summed E-state index contributed by atoms with van der Waals surface area (Å²) < 4.78 is 5.94. The molecule has 2 rings (SSSR count). The predicted molar refractivity (Wildman–Crippen MR) is 121 cm³/mol. The van der Waals surface area contributed by atoms with Crippen LogP contribution in [0.4, 0.5) is 0 Å². The molecule has 0 spiro atoms. The molecule has 0 amide bonds. The Labute approximate surface area is 178 Å². The molecule has 0 saturated carbocycles. The molecule has 0 saturated heterocycles. The summed E-state index contributed by atoms with van der Waals surface area (Å²) >= 11 is 0. The molecule has 0 aliphatic heterocycles. The van der Waals surface area contributed by atoms with Crippen molar-refractivity contribution >= 4 is 29.9 Å². The van der Waals surface area contributed by atoms with Crippen molar-refractivity contribution in [2.75, 3.05) is 13.1 Å². The second-order valence-corrected chi connectivity index (χ2v) is 6.13. The monoisotopic (exact) mass is 478 g/mol. The maximum Gasteiger partial charge on any atom is 0.191 e. The van der Waals surface area contributed by atoms with Gasteiger partial charge in [0.1, 0.15) is 11.9 Å². The Hall–Kier alpha value is -2.27. The summed E-state index contributed by atoms with van der Waals surface area (Å²) in [6.07, 6.45) is 0.00979. The number of rotatable bonds is 7. The Morgan fingerprint density at radius 2 is 1.93 bits per heavy atom. The lowest BCUT2D eigenvalue weighted by Crippen LogP contribution is -2.41. The van der Waals surface area contributed by atoms with Crippen LogP contribution in [-0.4, -0.2) is 25.2 Å². The van der Waals surface area contributed by atoms with Gasteiger partial charge in [0, 0.05) is 6.54 Å². The van der Waals surface area contributed by atoms with Gasteiger partial charge in [0.15, 0.2) is 5.96 Å². The van der Waals surface area contributed by atoms with Gasteiger partial charge < -0.3 is 15.4 Å². The molecule has 0 fully saturated rings. The Morgan fingerprint density at radius 1 is 1.19 bits per heavy atom. The van der Waals surface area contributed by atoms with Crippen molar-refractivity contribution in [1.29, 1.82) is 5.26 Å². The second kappa shape index (κ2) is 12.2. The molecule has 1 atom stereocenters. The van der Waals surface area contributed by atoms with Crippen LogP contribution < -0.4 is 15.4 Å². The normalized spacial score (nSPS) is 11.7. The standard InChI is InChI=1S/C21H26N4O.HI/c1-4-23-21(25-15-19-10-8-18(13-22)9-11-19)24-14-17(3)26-20-7-5-6-16(2)12-20;/h5-12,17H,4,14-15H2,1-3H3,(H2,23,24,25);1H. The molecule has 2 aromatic carbocycles. The smallest absolute Gasteiger partial charge is 0.191 e. The third kappa shape index (κ3) is 8.31. The lowest BCUT2D eigenvalue weighted by molar-refractivity contribution is 0.223. The van der Waals surface area contributed by atoms with Crippen LogP contribution in [0, 0.1) is 18.3 Å². The fraction of sp³-hybridized carbons (Fsp3) is 0.333. The first-order valence-electron chi connectivity index (χ1n) is 8.85. The molecular formula is C21H27IN4O. The van der Waals surface area contributed by atoms with Crippen LogP contribution in [0.3, 0.4) is 0 Å². The van der Waals surface area contributed by atoms with Crippen molar-refractivity contribution in [1.82, 2.24) is 10.6 Å². The summed E-state index contributed by atoms with van der Waals surface area (Å²) in [5, 5.41) is 15.4. The van der Waals surface area contributed by atoms with Crippen LogP contribution in [0.5, 0.6) is 5.75 Å². The van der Waals surface area contributed by atoms with Crippen molar-refractivity contribution in [3.63, 3.8) is 0 Å². The highest BCUT2D eigenvalue weighted by Crippen LogP contribution is 2.13. The van der Waals surface area contributed by atoms with E-state index in [0.717, 1.165) is 23.8 Å². The first-order valence-corrected chi connectivity index (χ1v) is 8.85. The minimum Gasteiger partial charge on any atom is -0.489 e. The molecule has 0 heterocycles. The van der Waals surface area contributed by atoms with E-state index in [0.29, 0.717) is 18.7 Å². The largest absolute Gasteiger partial charge is 0.489 e. The van der Waals surface area contributed by atoms with Gasteiger partial charge in [0.05, 0.1) is 24.7 Å². The number of nitriles is 1. The number of guanidine groups is 1. The Bertz CT molecular complexity index is 768. The molecule has 0 bridgehead atoms. The van der Waals surface area contributed by atoms with E-state index in [9.17, 15) is 0 Å². The molecule has 27 heavy (non-hydrogen) atoms. The summed E-state index contributed by atoms with van der Waals surface area (Å²) in [7, 11) is 0.